The highest BCUT2D eigenvalue weighted by atomic mass is 35.5. The van der Waals surface area contributed by atoms with Crippen molar-refractivity contribution in [3.63, 3.8) is 0 Å². The lowest BCUT2D eigenvalue weighted by atomic mass is 10.0. The van der Waals surface area contributed by atoms with E-state index in [0.29, 0.717) is 6.04 Å². The van der Waals surface area contributed by atoms with E-state index in [9.17, 15) is 0 Å². The molecule has 0 aliphatic rings. The predicted octanol–water partition coefficient (Wildman–Crippen LogP) is 2.76. The number of aryl methyl sites for hydroxylation is 2. The van der Waals surface area contributed by atoms with Crippen molar-refractivity contribution in [2.24, 2.45) is 7.05 Å². The number of hydrogen-bond acceptors (Lipinski definition) is 2. The van der Waals surface area contributed by atoms with Crippen molar-refractivity contribution in [2.75, 3.05) is 7.05 Å². The highest BCUT2D eigenvalue weighted by Gasteiger charge is 2.12. The first-order valence-corrected chi connectivity index (χ1v) is 6.87. The number of halogens is 1. The smallest absolute Gasteiger partial charge is 0.0596 e. The van der Waals surface area contributed by atoms with Crippen LogP contribution in [0.5, 0.6) is 0 Å². The summed E-state index contributed by atoms with van der Waals surface area (Å²) in [6, 6.07) is 10.6. The minimum absolute atomic E-state index is 0.383. The van der Waals surface area contributed by atoms with Crippen LogP contribution in [0.15, 0.2) is 30.3 Å². The van der Waals surface area contributed by atoms with E-state index >= 15 is 0 Å². The van der Waals surface area contributed by atoms with E-state index in [1.165, 1.54) is 11.3 Å². The van der Waals surface area contributed by atoms with Gasteiger partial charge in [0.1, 0.15) is 0 Å². The molecule has 1 atom stereocenters. The lowest BCUT2D eigenvalue weighted by Gasteiger charge is -2.16. The van der Waals surface area contributed by atoms with Gasteiger partial charge in [0, 0.05) is 30.2 Å². The van der Waals surface area contributed by atoms with Gasteiger partial charge in [0.25, 0.3) is 0 Å². The van der Waals surface area contributed by atoms with E-state index in [1.807, 2.05) is 43.9 Å². The van der Waals surface area contributed by atoms with Crippen LogP contribution < -0.4 is 5.32 Å². The van der Waals surface area contributed by atoms with Gasteiger partial charge in [-0.3, -0.25) is 4.68 Å². The summed E-state index contributed by atoms with van der Waals surface area (Å²) in [6.07, 6.45) is 1.92. The Labute approximate surface area is 119 Å². The Bertz CT molecular complexity index is 548. The molecule has 0 aliphatic heterocycles. The van der Waals surface area contributed by atoms with Crippen LogP contribution in [-0.4, -0.2) is 22.9 Å². The van der Waals surface area contributed by atoms with Gasteiger partial charge >= 0.3 is 0 Å². The summed E-state index contributed by atoms with van der Waals surface area (Å²) in [5, 5.41) is 8.55. The molecule has 1 heterocycles. The van der Waals surface area contributed by atoms with E-state index in [-0.39, 0.29) is 0 Å². The van der Waals surface area contributed by atoms with Crippen LogP contribution in [0.25, 0.3) is 0 Å². The van der Waals surface area contributed by atoms with E-state index in [2.05, 4.69) is 22.5 Å². The standard InChI is InChI=1S/C15H20ClN3/c1-11-7-15(19(3)18-11)10-14(17-2)9-12-5-4-6-13(16)8-12/h4-8,14,17H,9-10H2,1-3H3. The molecule has 0 fully saturated rings. The molecular formula is C15H20ClN3. The predicted molar refractivity (Wildman–Crippen MR) is 79.7 cm³/mol. The molecule has 19 heavy (non-hydrogen) atoms. The topological polar surface area (TPSA) is 29.9 Å². The zero-order valence-corrected chi connectivity index (χ0v) is 12.4. The largest absolute Gasteiger partial charge is 0.316 e. The maximum atomic E-state index is 6.03. The lowest BCUT2D eigenvalue weighted by molar-refractivity contribution is 0.533. The van der Waals surface area contributed by atoms with Gasteiger partial charge < -0.3 is 5.32 Å². The van der Waals surface area contributed by atoms with Crippen molar-refractivity contribution in [3.05, 3.63) is 52.3 Å². The average Bonchev–Trinajstić information content (AvgIpc) is 2.67. The SMILES string of the molecule is CNC(Cc1cccc(Cl)c1)Cc1cc(C)nn1C. The molecule has 1 N–H and O–H groups in total. The fraction of sp³-hybridized carbons (Fsp3) is 0.400. The molecule has 1 unspecified atom stereocenters. The van der Waals surface area contributed by atoms with E-state index < -0.39 is 0 Å². The molecule has 0 saturated carbocycles. The zero-order valence-electron chi connectivity index (χ0n) is 11.7. The fourth-order valence-electron chi connectivity index (χ4n) is 2.33. The number of rotatable bonds is 5. The summed E-state index contributed by atoms with van der Waals surface area (Å²) in [7, 11) is 3.99. The Kier molecular flexibility index (Phi) is 4.61. The van der Waals surface area contributed by atoms with Crippen LogP contribution in [0.2, 0.25) is 5.02 Å². The van der Waals surface area contributed by atoms with Crippen molar-refractivity contribution in [3.8, 4) is 0 Å². The molecule has 2 aromatic rings. The number of nitrogens with zero attached hydrogens (tertiary/aromatic N) is 2. The second-order valence-corrected chi connectivity index (χ2v) is 5.36. The third kappa shape index (κ3) is 3.82. The van der Waals surface area contributed by atoms with Gasteiger partial charge in [-0.05, 0) is 44.2 Å². The van der Waals surface area contributed by atoms with Crippen molar-refractivity contribution < 1.29 is 0 Å². The highest BCUT2D eigenvalue weighted by Crippen LogP contribution is 2.14. The van der Waals surface area contributed by atoms with Gasteiger partial charge in [0.15, 0.2) is 0 Å². The molecule has 4 heteroatoms. The Hall–Kier alpha value is -1.32. The molecule has 2 rings (SSSR count). The Morgan fingerprint density at radius 1 is 1.32 bits per heavy atom. The first-order valence-electron chi connectivity index (χ1n) is 6.49. The minimum atomic E-state index is 0.383. The van der Waals surface area contributed by atoms with Crippen LogP contribution in [-0.2, 0) is 19.9 Å². The number of hydrogen-bond donors (Lipinski definition) is 1. The van der Waals surface area contributed by atoms with Crippen molar-refractivity contribution in [1.29, 1.82) is 0 Å². The number of benzene rings is 1. The van der Waals surface area contributed by atoms with Crippen molar-refractivity contribution in [2.45, 2.75) is 25.8 Å². The van der Waals surface area contributed by atoms with Crippen LogP contribution in [0.3, 0.4) is 0 Å². The van der Waals surface area contributed by atoms with Crippen LogP contribution in [0.1, 0.15) is 17.0 Å². The maximum absolute atomic E-state index is 6.03. The maximum Gasteiger partial charge on any atom is 0.0596 e. The van der Waals surface area contributed by atoms with Crippen LogP contribution >= 0.6 is 11.6 Å². The minimum Gasteiger partial charge on any atom is -0.316 e. The Morgan fingerprint density at radius 2 is 2.11 bits per heavy atom. The molecule has 0 spiro atoms. The molecule has 0 aliphatic carbocycles. The molecule has 0 bridgehead atoms. The third-order valence-corrected chi connectivity index (χ3v) is 3.57. The van der Waals surface area contributed by atoms with E-state index in [4.69, 9.17) is 11.6 Å². The molecule has 3 nitrogen and oxygen atoms in total. The van der Waals surface area contributed by atoms with E-state index in [1.54, 1.807) is 0 Å². The number of likely N-dealkylation sites (N-methyl/N-ethyl adjacent to an activating group) is 1. The normalized spacial score (nSPS) is 12.6. The summed E-state index contributed by atoms with van der Waals surface area (Å²) >= 11 is 6.03. The Morgan fingerprint density at radius 3 is 2.68 bits per heavy atom. The average molecular weight is 278 g/mol. The fourth-order valence-corrected chi connectivity index (χ4v) is 2.55. The second kappa shape index (κ2) is 6.22. The molecular weight excluding hydrogens is 258 g/mol. The molecule has 0 amide bonds. The highest BCUT2D eigenvalue weighted by molar-refractivity contribution is 6.30. The molecule has 1 aromatic heterocycles. The number of aromatic nitrogens is 2. The molecule has 0 saturated heterocycles. The summed E-state index contributed by atoms with van der Waals surface area (Å²) in [4.78, 5) is 0. The van der Waals surface area contributed by atoms with Crippen LogP contribution in [0.4, 0.5) is 0 Å². The van der Waals surface area contributed by atoms with Gasteiger partial charge in [0.2, 0.25) is 0 Å². The summed E-state index contributed by atoms with van der Waals surface area (Å²) in [5.74, 6) is 0. The van der Waals surface area contributed by atoms with Gasteiger partial charge in [-0.2, -0.15) is 5.10 Å². The summed E-state index contributed by atoms with van der Waals surface area (Å²) in [5.41, 5.74) is 3.57. The third-order valence-electron chi connectivity index (χ3n) is 3.33. The monoisotopic (exact) mass is 277 g/mol. The number of nitrogens with one attached hydrogen (secondary N) is 1. The van der Waals surface area contributed by atoms with Crippen LogP contribution in [0, 0.1) is 6.92 Å². The Balaban J connectivity index is 2.06. The molecule has 1 aromatic carbocycles. The first-order chi connectivity index (χ1) is 9.08. The van der Waals surface area contributed by atoms with E-state index in [0.717, 1.165) is 23.6 Å². The van der Waals surface area contributed by atoms with Crippen molar-refractivity contribution >= 4 is 11.6 Å². The summed E-state index contributed by atoms with van der Waals surface area (Å²) < 4.78 is 1.96. The van der Waals surface area contributed by atoms with Crippen molar-refractivity contribution in [1.82, 2.24) is 15.1 Å². The molecule has 0 radical (unpaired) electrons. The second-order valence-electron chi connectivity index (χ2n) is 4.92. The zero-order chi connectivity index (χ0) is 13.8. The van der Waals surface area contributed by atoms with Gasteiger partial charge in [-0.25, -0.2) is 0 Å². The lowest BCUT2D eigenvalue weighted by Crippen LogP contribution is -2.30. The van der Waals surface area contributed by atoms with Gasteiger partial charge in [0.05, 0.1) is 5.69 Å². The quantitative estimate of drug-likeness (QED) is 0.911. The summed E-state index contributed by atoms with van der Waals surface area (Å²) in [6.45, 7) is 2.02. The van der Waals surface area contributed by atoms with Gasteiger partial charge in [-0.15, -0.1) is 0 Å². The van der Waals surface area contributed by atoms with Gasteiger partial charge in [-0.1, -0.05) is 23.7 Å². The first kappa shape index (κ1) is 14.1. The molecule has 102 valence electrons.